The molecule has 1 aromatic carbocycles. The van der Waals surface area contributed by atoms with Gasteiger partial charge < -0.3 is 15.0 Å². The first kappa shape index (κ1) is 13.1. The van der Waals surface area contributed by atoms with Gasteiger partial charge in [-0.2, -0.15) is 0 Å². The van der Waals surface area contributed by atoms with Crippen LogP contribution in [0.1, 0.15) is 29.4 Å². The van der Waals surface area contributed by atoms with Crippen molar-refractivity contribution in [3.63, 3.8) is 0 Å². The summed E-state index contributed by atoms with van der Waals surface area (Å²) >= 11 is 0. The molecular formula is C14H17N3O2. The number of hydrogen-bond acceptors (Lipinski definition) is 3. The monoisotopic (exact) mass is 259 g/mol. The van der Waals surface area contributed by atoms with Crippen LogP contribution in [0.2, 0.25) is 0 Å². The number of hydrogen-bond donors (Lipinski definition) is 2. The lowest BCUT2D eigenvalue weighted by molar-refractivity contribution is 0.0950. The molecule has 19 heavy (non-hydrogen) atoms. The molecule has 0 unspecified atom stereocenters. The number of ether oxygens (including phenoxy) is 1. The summed E-state index contributed by atoms with van der Waals surface area (Å²) in [6, 6.07) is 7.13. The second-order valence-corrected chi connectivity index (χ2v) is 4.13. The van der Waals surface area contributed by atoms with Crippen LogP contribution in [-0.2, 0) is 6.54 Å². The van der Waals surface area contributed by atoms with Gasteiger partial charge in [-0.25, -0.2) is 4.98 Å². The summed E-state index contributed by atoms with van der Waals surface area (Å²) in [6.45, 7) is 3.18. The molecular weight excluding hydrogens is 242 g/mol. The fourth-order valence-corrected chi connectivity index (χ4v) is 1.58. The van der Waals surface area contributed by atoms with Gasteiger partial charge in [0.2, 0.25) is 0 Å². The van der Waals surface area contributed by atoms with E-state index in [1.807, 2.05) is 0 Å². The van der Waals surface area contributed by atoms with Gasteiger partial charge in [-0.05, 0) is 30.7 Å². The summed E-state index contributed by atoms with van der Waals surface area (Å²) in [7, 11) is 0. The minimum Gasteiger partial charge on any atom is -0.494 e. The fraction of sp³-hybridized carbons (Fsp3) is 0.286. The molecule has 0 spiro atoms. The highest BCUT2D eigenvalue weighted by Gasteiger charge is 2.05. The van der Waals surface area contributed by atoms with E-state index in [0.29, 0.717) is 18.7 Å². The smallest absolute Gasteiger partial charge is 0.251 e. The molecule has 100 valence electrons. The highest BCUT2D eigenvalue weighted by molar-refractivity contribution is 5.94. The molecule has 0 aliphatic rings. The first-order valence-corrected chi connectivity index (χ1v) is 6.28. The van der Waals surface area contributed by atoms with Crippen molar-refractivity contribution in [2.24, 2.45) is 0 Å². The number of benzene rings is 1. The van der Waals surface area contributed by atoms with Gasteiger partial charge in [0.25, 0.3) is 5.91 Å². The molecule has 5 heteroatoms. The SMILES string of the molecule is CCCOc1ccc(C(=O)NCc2cnc[nH]2)cc1. The Kier molecular flexibility index (Phi) is 4.55. The Morgan fingerprint density at radius 1 is 1.37 bits per heavy atom. The van der Waals surface area contributed by atoms with Gasteiger partial charge in [0, 0.05) is 11.8 Å². The van der Waals surface area contributed by atoms with Crippen LogP contribution in [0.3, 0.4) is 0 Å². The summed E-state index contributed by atoms with van der Waals surface area (Å²) in [6.07, 6.45) is 4.23. The van der Waals surface area contributed by atoms with Crippen molar-refractivity contribution in [2.75, 3.05) is 6.61 Å². The third-order valence-corrected chi connectivity index (χ3v) is 2.58. The highest BCUT2D eigenvalue weighted by Crippen LogP contribution is 2.12. The molecule has 0 radical (unpaired) electrons. The Labute approximate surface area is 112 Å². The molecule has 5 nitrogen and oxygen atoms in total. The quantitative estimate of drug-likeness (QED) is 0.835. The van der Waals surface area contributed by atoms with Crippen molar-refractivity contribution in [1.29, 1.82) is 0 Å². The van der Waals surface area contributed by atoms with Gasteiger partial charge >= 0.3 is 0 Å². The second-order valence-electron chi connectivity index (χ2n) is 4.13. The van der Waals surface area contributed by atoms with Gasteiger partial charge in [-0.3, -0.25) is 4.79 Å². The molecule has 2 N–H and O–H groups in total. The lowest BCUT2D eigenvalue weighted by Gasteiger charge is -2.06. The van der Waals surface area contributed by atoms with E-state index in [-0.39, 0.29) is 5.91 Å². The number of amides is 1. The van der Waals surface area contributed by atoms with Crippen molar-refractivity contribution in [3.05, 3.63) is 48.0 Å². The van der Waals surface area contributed by atoms with E-state index >= 15 is 0 Å². The van der Waals surface area contributed by atoms with Crippen LogP contribution in [0.4, 0.5) is 0 Å². The van der Waals surface area contributed by atoms with Crippen LogP contribution in [0.25, 0.3) is 0 Å². The first-order chi connectivity index (χ1) is 9.29. The van der Waals surface area contributed by atoms with Crippen LogP contribution in [0, 0.1) is 0 Å². The van der Waals surface area contributed by atoms with E-state index in [0.717, 1.165) is 17.9 Å². The van der Waals surface area contributed by atoms with Crippen molar-refractivity contribution in [1.82, 2.24) is 15.3 Å². The van der Waals surface area contributed by atoms with Crippen LogP contribution in [0.15, 0.2) is 36.8 Å². The lowest BCUT2D eigenvalue weighted by atomic mass is 10.2. The van der Waals surface area contributed by atoms with Crippen molar-refractivity contribution in [2.45, 2.75) is 19.9 Å². The minimum absolute atomic E-state index is 0.114. The van der Waals surface area contributed by atoms with Crippen LogP contribution < -0.4 is 10.1 Å². The van der Waals surface area contributed by atoms with E-state index in [9.17, 15) is 4.79 Å². The molecule has 0 bridgehead atoms. The standard InChI is InChI=1S/C14H17N3O2/c1-2-7-19-13-5-3-11(4-6-13)14(18)16-9-12-8-15-10-17-12/h3-6,8,10H,2,7,9H2,1H3,(H,15,17)(H,16,18). The Bertz CT molecular complexity index is 506. The van der Waals surface area contributed by atoms with Crippen LogP contribution >= 0.6 is 0 Å². The average molecular weight is 259 g/mol. The van der Waals surface area contributed by atoms with E-state index in [1.165, 1.54) is 0 Å². The summed E-state index contributed by atoms with van der Waals surface area (Å²) in [5.41, 5.74) is 1.49. The van der Waals surface area contributed by atoms with Crippen LogP contribution in [-0.4, -0.2) is 22.5 Å². The van der Waals surface area contributed by atoms with E-state index in [2.05, 4.69) is 22.2 Å². The highest BCUT2D eigenvalue weighted by atomic mass is 16.5. The predicted molar refractivity (Wildman–Crippen MR) is 72.0 cm³/mol. The number of nitrogens with zero attached hydrogens (tertiary/aromatic N) is 1. The molecule has 2 aromatic rings. The average Bonchev–Trinajstić information content (AvgIpc) is 2.96. The number of rotatable bonds is 6. The zero-order chi connectivity index (χ0) is 13.5. The summed E-state index contributed by atoms with van der Waals surface area (Å²) in [5.74, 6) is 0.670. The molecule has 0 fully saturated rings. The largest absolute Gasteiger partial charge is 0.494 e. The minimum atomic E-state index is -0.114. The number of carbonyl (C=O) groups excluding carboxylic acids is 1. The third kappa shape index (κ3) is 3.84. The molecule has 0 aliphatic carbocycles. The third-order valence-electron chi connectivity index (χ3n) is 2.58. The molecule has 0 saturated heterocycles. The molecule has 2 rings (SSSR count). The van der Waals surface area contributed by atoms with Gasteiger partial charge in [0.05, 0.1) is 25.2 Å². The van der Waals surface area contributed by atoms with E-state index in [4.69, 9.17) is 4.74 Å². The number of imidazole rings is 1. The van der Waals surface area contributed by atoms with Crippen molar-refractivity contribution in [3.8, 4) is 5.75 Å². The maximum Gasteiger partial charge on any atom is 0.251 e. The summed E-state index contributed by atoms with van der Waals surface area (Å²) in [4.78, 5) is 18.7. The first-order valence-electron chi connectivity index (χ1n) is 6.28. The Morgan fingerprint density at radius 2 is 2.16 bits per heavy atom. The van der Waals surface area contributed by atoms with E-state index in [1.54, 1.807) is 36.8 Å². The number of aromatic amines is 1. The molecule has 1 heterocycles. The van der Waals surface area contributed by atoms with Gasteiger partial charge in [-0.15, -0.1) is 0 Å². The summed E-state index contributed by atoms with van der Waals surface area (Å²) in [5, 5.41) is 2.81. The Morgan fingerprint density at radius 3 is 2.79 bits per heavy atom. The van der Waals surface area contributed by atoms with Crippen molar-refractivity contribution < 1.29 is 9.53 Å². The second kappa shape index (κ2) is 6.58. The van der Waals surface area contributed by atoms with Crippen LogP contribution in [0.5, 0.6) is 5.75 Å². The fourth-order valence-electron chi connectivity index (χ4n) is 1.58. The molecule has 0 saturated carbocycles. The van der Waals surface area contributed by atoms with Gasteiger partial charge in [0.15, 0.2) is 0 Å². The number of aromatic nitrogens is 2. The topological polar surface area (TPSA) is 67.0 Å². The molecule has 0 aliphatic heterocycles. The van der Waals surface area contributed by atoms with E-state index < -0.39 is 0 Å². The molecule has 1 amide bonds. The number of H-pyrrole nitrogens is 1. The summed E-state index contributed by atoms with van der Waals surface area (Å²) < 4.78 is 5.46. The van der Waals surface area contributed by atoms with Gasteiger partial charge in [0.1, 0.15) is 5.75 Å². The maximum atomic E-state index is 11.9. The molecule has 1 aromatic heterocycles. The number of carbonyl (C=O) groups is 1. The molecule has 0 atom stereocenters. The van der Waals surface area contributed by atoms with Crippen molar-refractivity contribution >= 4 is 5.91 Å². The number of nitrogens with one attached hydrogen (secondary N) is 2. The zero-order valence-corrected chi connectivity index (χ0v) is 10.8. The Balaban J connectivity index is 1.88. The predicted octanol–water partition coefficient (Wildman–Crippen LogP) is 2.13. The lowest BCUT2D eigenvalue weighted by Crippen LogP contribution is -2.22. The maximum absolute atomic E-state index is 11.9. The zero-order valence-electron chi connectivity index (χ0n) is 10.8. The Hall–Kier alpha value is -2.30. The van der Waals surface area contributed by atoms with Gasteiger partial charge in [-0.1, -0.05) is 6.92 Å². The normalized spacial score (nSPS) is 10.2.